The predicted molar refractivity (Wildman–Crippen MR) is 107 cm³/mol. The van der Waals surface area contributed by atoms with Gasteiger partial charge in [0.2, 0.25) is 11.8 Å². The normalized spacial score (nSPS) is 19.7. The molecule has 2 aromatic carbocycles. The van der Waals surface area contributed by atoms with E-state index < -0.39 is 11.2 Å². The van der Waals surface area contributed by atoms with Gasteiger partial charge in [0, 0.05) is 35.7 Å². The zero-order valence-corrected chi connectivity index (χ0v) is 16.4. The van der Waals surface area contributed by atoms with Crippen LogP contribution in [0.1, 0.15) is 16.8 Å². The number of carboxylic acid groups (broad SMARTS) is 1. The summed E-state index contributed by atoms with van der Waals surface area (Å²) in [7, 11) is 0. The first-order chi connectivity index (χ1) is 14.0. The molecule has 0 saturated carbocycles. The van der Waals surface area contributed by atoms with E-state index >= 15 is 0 Å². The highest BCUT2D eigenvalue weighted by Gasteiger charge is 2.40. The van der Waals surface area contributed by atoms with Gasteiger partial charge < -0.3 is 19.5 Å². The summed E-state index contributed by atoms with van der Waals surface area (Å²) in [5.41, 5.74) is 1.56. The zero-order valence-electron chi connectivity index (χ0n) is 15.6. The molecule has 2 aliphatic heterocycles. The zero-order chi connectivity index (χ0) is 20.4. The van der Waals surface area contributed by atoms with E-state index in [0.29, 0.717) is 23.8 Å². The van der Waals surface area contributed by atoms with E-state index in [1.54, 1.807) is 30.3 Å². The number of carboxylic acids is 1. The number of thioether (sulfide) groups is 1. The first kappa shape index (κ1) is 19.5. The number of nitrogens with zero attached hydrogens (tertiary/aromatic N) is 2. The lowest BCUT2D eigenvalue weighted by Gasteiger charge is -2.29. The lowest BCUT2D eigenvalue weighted by Crippen LogP contribution is -2.36. The van der Waals surface area contributed by atoms with E-state index in [4.69, 9.17) is 4.74 Å². The molecule has 2 aromatic rings. The smallest absolute Gasteiger partial charge is 0.247 e. The third-order valence-corrected chi connectivity index (χ3v) is 6.23. The summed E-state index contributed by atoms with van der Waals surface area (Å²) in [6, 6.07) is 13.7. The summed E-state index contributed by atoms with van der Waals surface area (Å²) in [4.78, 5) is 40.5. The maximum atomic E-state index is 12.9. The molecule has 1 atom stereocenters. The van der Waals surface area contributed by atoms with Crippen molar-refractivity contribution in [2.24, 2.45) is 0 Å². The molecule has 0 bridgehead atoms. The van der Waals surface area contributed by atoms with Gasteiger partial charge in [0.25, 0.3) is 0 Å². The monoisotopic (exact) mass is 411 g/mol. The highest BCUT2D eigenvalue weighted by atomic mass is 32.2. The summed E-state index contributed by atoms with van der Waals surface area (Å²) < 4.78 is 5.36. The first-order valence-electron chi connectivity index (χ1n) is 9.31. The fraction of sp³-hybridized carbons (Fsp3) is 0.286. The van der Waals surface area contributed by atoms with E-state index in [1.165, 1.54) is 11.0 Å². The maximum Gasteiger partial charge on any atom is 0.247 e. The van der Waals surface area contributed by atoms with Gasteiger partial charge in [-0.3, -0.25) is 9.59 Å². The predicted octanol–water partition coefficient (Wildman–Crippen LogP) is 1.31. The Balaban J connectivity index is 1.50. The van der Waals surface area contributed by atoms with Crippen molar-refractivity contribution in [1.29, 1.82) is 0 Å². The van der Waals surface area contributed by atoms with Gasteiger partial charge in [-0.05, 0) is 30.3 Å². The standard InChI is InChI=1S/C21H20N2O5S/c24-19-13-18(29-17-4-2-1-3-16(17)21(26)27)20(25)23(19)15-7-5-14(6-8-15)22-9-11-28-12-10-22/h1-8,18H,9-13H2,(H,26,27)/p-1/t18-/m0/s1. The fourth-order valence-corrected chi connectivity index (χ4v) is 4.67. The van der Waals surface area contributed by atoms with Crippen LogP contribution in [0.15, 0.2) is 53.4 Å². The van der Waals surface area contributed by atoms with Crippen molar-refractivity contribution < 1.29 is 24.2 Å². The van der Waals surface area contributed by atoms with Gasteiger partial charge in [-0.1, -0.05) is 18.2 Å². The molecule has 29 heavy (non-hydrogen) atoms. The summed E-state index contributed by atoms with van der Waals surface area (Å²) in [5.74, 6) is -1.94. The molecule has 7 nitrogen and oxygen atoms in total. The number of aromatic carboxylic acids is 1. The molecule has 2 fully saturated rings. The van der Waals surface area contributed by atoms with Crippen molar-refractivity contribution >= 4 is 40.9 Å². The van der Waals surface area contributed by atoms with Crippen LogP contribution in [0.2, 0.25) is 0 Å². The van der Waals surface area contributed by atoms with Crippen molar-refractivity contribution in [3.63, 3.8) is 0 Å². The SMILES string of the molecule is O=C([O-])c1ccccc1S[C@H]1CC(=O)N(c2ccc(N3CCOCC3)cc2)C1=O. The summed E-state index contributed by atoms with van der Waals surface area (Å²) in [6.45, 7) is 2.96. The maximum absolute atomic E-state index is 12.9. The van der Waals surface area contributed by atoms with Gasteiger partial charge in [0.15, 0.2) is 0 Å². The van der Waals surface area contributed by atoms with Gasteiger partial charge in [-0.25, -0.2) is 4.90 Å². The second-order valence-corrected chi connectivity index (χ2v) is 8.02. The van der Waals surface area contributed by atoms with Crippen LogP contribution in [0.4, 0.5) is 11.4 Å². The van der Waals surface area contributed by atoms with Gasteiger partial charge in [-0.2, -0.15) is 0 Å². The molecule has 0 spiro atoms. The Morgan fingerprint density at radius 1 is 1.00 bits per heavy atom. The van der Waals surface area contributed by atoms with Crippen molar-refractivity contribution in [1.82, 2.24) is 0 Å². The topological polar surface area (TPSA) is 90.0 Å². The van der Waals surface area contributed by atoms with Gasteiger partial charge >= 0.3 is 0 Å². The molecule has 2 amide bonds. The van der Waals surface area contributed by atoms with Crippen molar-refractivity contribution in [2.75, 3.05) is 36.1 Å². The molecule has 8 heteroatoms. The van der Waals surface area contributed by atoms with Crippen LogP contribution in [0.25, 0.3) is 0 Å². The van der Waals surface area contributed by atoms with E-state index in [-0.39, 0.29) is 23.8 Å². The fourth-order valence-electron chi connectivity index (χ4n) is 3.49. The van der Waals surface area contributed by atoms with Crippen LogP contribution in [-0.2, 0) is 14.3 Å². The largest absolute Gasteiger partial charge is 0.545 e. The molecule has 0 N–H and O–H groups in total. The Morgan fingerprint density at radius 2 is 1.66 bits per heavy atom. The first-order valence-corrected chi connectivity index (χ1v) is 10.2. The van der Waals surface area contributed by atoms with Crippen LogP contribution in [-0.4, -0.2) is 49.3 Å². The molecule has 2 aliphatic rings. The van der Waals surface area contributed by atoms with Gasteiger partial charge in [-0.15, -0.1) is 11.8 Å². The minimum atomic E-state index is -1.31. The molecule has 4 rings (SSSR count). The number of anilines is 2. The van der Waals surface area contributed by atoms with Crippen LogP contribution >= 0.6 is 11.8 Å². The van der Waals surface area contributed by atoms with E-state index in [1.807, 2.05) is 12.1 Å². The summed E-state index contributed by atoms with van der Waals surface area (Å²) in [5, 5.41) is 10.6. The molecule has 0 radical (unpaired) electrons. The summed E-state index contributed by atoms with van der Waals surface area (Å²) in [6.07, 6.45) is 0.0239. The number of benzene rings is 2. The third kappa shape index (κ3) is 3.99. The van der Waals surface area contributed by atoms with E-state index in [9.17, 15) is 19.5 Å². The number of morpholine rings is 1. The number of rotatable bonds is 5. The molecule has 0 aliphatic carbocycles. The molecular weight excluding hydrogens is 392 g/mol. The molecule has 2 saturated heterocycles. The van der Waals surface area contributed by atoms with Crippen LogP contribution in [0.3, 0.4) is 0 Å². The Bertz CT molecular complexity index is 940. The lowest BCUT2D eigenvalue weighted by molar-refractivity contribution is -0.255. The second-order valence-electron chi connectivity index (χ2n) is 6.78. The Hall–Kier alpha value is -2.84. The molecule has 150 valence electrons. The van der Waals surface area contributed by atoms with Crippen LogP contribution in [0.5, 0.6) is 0 Å². The quantitative estimate of drug-likeness (QED) is 0.685. The van der Waals surface area contributed by atoms with Crippen LogP contribution < -0.4 is 14.9 Å². The van der Waals surface area contributed by atoms with E-state index in [0.717, 1.165) is 30.5 Å². The lowest BCUT2D eigenvalue weighted by atomic mass is 10.2. The van der Waals surface area contributed by atoms with Crippen molar-refractivity contribution in [3.05, 3.63) is 54.1 Å². The second kappa shape index (κ2) is 8.26. The number of carbonyl (C=O) groups is 3. The number of amides is 2. The Labute approximate surface area is 172 Å². The van der Waals surface area contributed by atoms with Gasteiger partial charge in [0.05, 0.1) is 30.1 Å². The molecule has 0 unspecified atom stereocenters. The van der Waals surface area contributed by atoms with Crippen molar-refractivity contribution in [2.45, 2.75) is 16.6 Å². The van der Waals surface area contributed by atoms with Crippen molar-refractivity contribution in [3.8, 4) is 0 Å². The third-order valence-electron chi connectivity index (χ3n) is 4.97. The van der Waals surface area contributed by atoms with E-state index in [2.05, 4.69) is 4.90 Å². The number of hydrogen-bond donors (Lipinski definition) is 0. The highest BCUT2D eigenvalue weighted by molar-refractivity contribution is 8.00. The van der Waals surface area contributed by atoms with Crippen LogP contribution in [0, 0.1) is 0 Å². The summed E-state index contributed by atoms with van der Waals surface area (Å²) >= 11 is 1.09. The number of imide groups is 1. The Kier molecular flexibility index (Phi) is 5.55. The number of ether oxygens (including phenoxy) is 1. The number of carbonyl (C=O) groups excluding carboxylic acids is 3. The average Bonchev–Trinajstić information content (AvgIpc) is 3.02. The minimum Gasteiger partial charge on any atom is -0.545 e. The Morgan fingerprint density at radius 3 is 2.34 bits per heavy atom. The molecular formula is C21H19N2O5S-. The average molecular weight is 411 g/mol. The molecule has 2 heterocycles. The highest BCUT2D eigenvalue weighted by Crippen LogP contribution is 2.35. The minimum absolute atomic E-state index is 0.0195. The molecule has 0 aromatic heterocycles. The number of hydrogen-bond acceptors (Lipinski definition) is 7. The van der Waals surface area contributed by atoms with Gasteiger partial charge in [0.1, 0.15) is 0 Å².